The van der Waals surface area contributed by atoms with E-state index in [2.05, 4.69) is 25.6 Å². The van der Waals surface area contributed by atoms with Crippen molar-refractivity contribution in [1.29, 1.82) is 0 Å². The maximum Gasteiger partial charge on any atom is 0.328 e. The number of anilines is 4. The lowest BCUT2D eigenvalue weighted by Crippen LogP contribution is -2.06. The summed E-state index contributed by atoms with van der Waals surface area (Å²) in [4.78, 5) is 12.5. The number of hydrogen-bond donors (Lipinski definition) is 2. The molecule has 4 rings (SSSR count). The first-order valence-electron chi connectivity index (χ1n) is 8.78. The van der Waals surface area contributed by atoms with Crippen LogP contribution in [0.15, 0.2) is 72.8 Å². The fraction of sp³-hybridized carbons (Fsp3) is 0. The van der Waals surface area contributed by atoms with Crippen LogP contribution in [0.2, 0.25) is 0 Å². The molecule has 1 heterocycles. The Bertz CT molecular complexity index is 1030. The Morgan fingerprint density at radius 1 is 0.600 bits per heavy atom. The Kier molecular flexibility index (Phi) is 5.42. The van der Waals surface area contributed by atoms with Gasteiger partial charge in [0.25, 0.3) is 0 Å². The first-order chi connectivity index (χ1) is 14.5. The summed E-state index contributed by atoms with van der Waals surface area (Å²) in [6.45, 7) is 0. The largest absolute Gasteiger partial charge is 0.424 e. The van der Waals surface area contributed by atoms with Gasteiger partial charge in [0.2, 0.25) is 11.9 Å². The zero-order valence-corrected chi connectivity index (χ0v) is 15.3. The van der Waals surface area contributed by atoms with E-state index in [0.717, 1.165) is 0 Å². The van der Waals surface area contributed by atoms with Crippen LogP contribution < -0.4 is 15.4 Å². The van der Waals surface area contributed by atoms with Gasteiger partial charge in [0.15, 0.2) is 0 Å². The molecule has 3 aromatic carbocycles. The molecule has 0 aliphatic carbocycles. The lowest BCUT2D eigenvalue weighted by Gasteiger charge is -2.11. The van der Waals surface area contributed by atoms with Crippen molar-refractivity contribution in [3.8, 4) is 11.8 Å². The van der Waals surface area contributed by atoms with Gasteiger partial charge >= 0.3 is 6.01 Å². The summed E-state index contributed by atoms with van der Waals surface area (Å²) in [5, 5.41) is 5.70. The average molecular weight is 409 g/mol. The molecule has 0 amide bonds. The molecule has 4 aromatic rings. The molecule has 0 spiro atoms. The standard InChI is InChI=1S/C21H14F3N5O/c22-13-4-1-7-16(10-13)25-19-27-20(26-17-8-2-5-14(23)11-17)29-21(28-19)30-18-9-3-6-15(24)12-18/h1-12H,(H2,25,26,27,28,29). The molecule has 1 aromatic heterocycles. The molecule has 0 unspecified atom stereocenters. The van der Waals surface area contributed by atoms with Gasteiger partial charge < -0.3 is 15.4 Å². The van der Waals surface area contributed by atoms with Crippen LogP contribution in [-0.4, -0.2) is 15.0 Å². The van der Waals surface area contributed by atoms with E-state index in [1.807, 2.05) is 0 Å². The number of rotatable bonds is 6. The molecule has 0 saturated heterocycles. The molecule has 0 fully saturated rings. The summed E-state index contributed by atoms with van der Waals surface area (Å²) in [6, 6.07) is 16.7. The van der Waals surface area contributed by atoms with Gasteiger partial charge in [-0.15, -0.1) is 0 Å². The summed E-state index contributed by atoms with van der Waals surface area (Å²) in [5.74, 6) is -1.11. The van der Waals surface area contributed by atoms with E-state index in [4.69, 9.17) is 4.74 Å². The van der Waals surface area contributed by atoms with E-state index in [-0.39, 0.29) is 23.7 Å². The second-order valence-electron chi connectivity index (χ2n) is 6.10. The van der Waals surface area contributed by atoms with Crippen molar-refractivity contribution < 1.29 is 17.9 Å². The third kappa shape index (κ3) is 5.02. The number of benzene rings is 3. The van der Waals surface area contributed by atoms with E-state index in [0.29, 0.717) is 11.4 Å². The van der Waals surface area contributed by atoms with Crippen molar-refractivity contribution in [3.63, 3.8) is 0 Å². The Hall–Kier alpha value is -4.14. The van der Waals surface area contributed by atoms with Crippen LogP contribution in [0.1, 0.15) is 0 Å². The fourth-order valence-corrected chi connectivity index (χ4v) is 2.54. The lowest BCUT2D eigenvalue weighted by molar-refractivity contribution is 0.438. The molecule has 30 heavy (non-hydrogen) atoms. The van der Waals surface area contributed by atoms with Crippen molar-refractivity contribution >= 4 is 23.3 Å². The van der Waals surface area contributed by atoms with Crippen LogP contribution in [0, 0.1) is 17.5 Å². The van der Waals surface area contributed by atoms with Gasteiger partial charge in [0, 0.05) is 17.4 Å². The highest BCUT2D eigenvalue weighted by Crippen LogP contribution is 2.24. The predicted molar refractivity (Wildman–Crippen MR) is 106 cm³/mol. The van der Waals surface area contributed by atoms with Crippen LogP contribution in [-0.2, 0) is 0 Å². The Morgan fingerprint density at radius 3 is 1.60 bits per heavy atom. The molecule has 150 valence electrons. The zero-order valence-electron chi connectivity index (χ0n) is 15.3. The minimum absolute atomic E-state index is 0.0425. The number of nitrogens with zero attached hydrogens (tertiary/aromatic N) is 3. The number of aromatic nitrogens is 3. The molecular formula is C21H14F3N5O. The maximum absolute atomic E-state index is 13.5. The smallest absolute Gasteiger partial charge is 0.328 e. The molecule has 0 saturated carbocycles. The van der Waals surface area contributed by atoms with Crippen molar-refractivity contribution in [3.05, 3.63) is 90.2 Å². The van der Waals surface area contributed by atoms with Crippen LogP contribution >= 0.6 is 0 Å². The second kappa shape index (κ2) is 8.48. The Labute approximate surface area is 169 Å². The van der Waals surface area contributed by atoms with Gasteiger partial charge in [-0.2, -0.15) is 15.0 Å². The van der Waals surface area contributed by atoms with Gasteiger partial charge in [-0.3, -0.25) is 0 Å². The Morgan fingerprint density at radius 2 is 1.10 bits per heavy atom. The third-order valence-corrected chi connectivity index (χ3v) is 3.78. The first-order valence-corrected chi connectivity index (χ1v) is 8.78. The summed E-state index contributed by atoms with van der Waals surface area (Å²) < 4.78 is 45.9. The Balaban J connectivity index is 1.67. The number of hydrogen-bond acceptors (Lipinski definition) is 6. The third-order valence-electron chi connectivity index (χ3n) is 3.78. The van der Waals surface area contributed by atoms with E-state index in [1.54, 1.807) is 12.1 Å². The van der Waals surface area contributed by atoms with Crippen LogP contribution in [0.25, 0.3) is 0 Å². The highest BCUT2D eigenvalue weighted by atomic mass is 19.1. The maximum atomic E-state index is 13.5. The molecule has 0 atom stereocenters. The summed E-state index contributed by atoms with van der Waals surface area (Å²) in [5.41, 5.74) is 0.796. The minimum atomic E-state index is -0.488. The molecule has 9 heteroatoms. The average Bonchev–Trinajstić information content (AvgIpc) is 2.68. The molecule has 0 bridgehead atoms. The van der Waals surface area contributed by atoms with Crippen molar-refractivity contribution in [1.82, 2.24) is 15.0 Å². The van der Waals surface area contributed by atoms with E-state index < -0.39 is 17.5 Å². The molecule has 6 nitrogen and oxygen atoms in total. The van der Waals surface area contributed by atoms with Crippen molar-refractivity contribution in [2.45, 2.75) is 0 Å². The number of halogens is 3. The van der Waals surface area contributed by atoms with Crippen LogP contribution in [0.4, 0.5) is 36.4 Å². The summed E-state index contributed by atoms with van der Waals surface area (Å²) >= 11 is 0. The molecule has 0 radical (unpaired) electrons. The second-order valence-corrected chi connectivity index (χ2v) is 6.10. The first kappa shape index (κ1) is 19.2. The van der Waals surface area contributed by atoms with E-state index in [9.17, 15) is 13.2 Å². The van der Waals surface area contributed by atoms with Gasteiger partial charge in [-0.1, -0.05) is 18.2 Å². The topological polar surface area (TPSA) is 72.0 Å². The van der Waals surface area contributed by atoms with E-state index >= 15 is 0 Å². The summed E-state index contributed by atoms with van der Waals surface area (Å²) in [6.07, 6.45) is 0. The van der Waals surface area contributed by atoms with Crippen LogP contribution in [0.3, 0.4) is 0 Å². The lowest BCUT2D eigenvalue weighted by atomic mass is 10.3. The van der Waals surface area contributed by atoms with E-state index in [1.165, 1.54) is 60.7 Å². The minimum Gasteiger partial charge on any atom is -0.424 e. The fourth-order valence-electron chi connectivity index (χ4n) is 2.54. The van der Waals surface area contributed by atoms with Crippen molar-refractivity contribution in [2.24, 2.45) is 0 Å². The normalized spacial score (nSPS) is 10.5. The number of nitrogens with one attached hydrogen (secondary N) is 2. The monoisotopic (exact) mass is 409 g/mol. The highest BCUT2D eigenvalue weighted by molar-refractivity contribution is 5.58. The van der Waals surface area contributed by atoms with Crippen LogP contribution in [0.5, 0.6) is 11.8 Å². The predicted octanol–water partition coefficient (Wildman–Crippen LogP) is 5.57. The van der Waals surface area contributed by atoms with Crippen molar-refractivity contribution in [2.75, 3.05) is 10.6 Å². The number of ether oxygens (including phenoxy) is 1. The molecule has 2 N–H and O–H groups in total. The molecule has 0 aliphatic rings. The van der Waals surface area contributed by atoms with Gasteiger partial charge in [-0.25, -0.2) is 13.2 Å². The molecular weight excluding hydrogens is 395 g/mol. The zero-order chi connectivity index (χ0) is 20.9. The van der Waals surface area contributed by atoms with Gasteiger partial charge in [0.1, 0.15) is 23.2 Å². The SMILES string of the molecule is Fc1cccc(Nc2nc(Nc3cccc(F)c3)nc(Oc3cccc(F)c3)n2)c1. The van der Waals surface area contributed by atoms with Gasteiger partial charge in [-0.05, 0) is 48.5 Å². The highest BCUT2D eigenvalue weighted by Gasteiger charge is 2.11. The summed E-state index contributed by atoms with van der Waals surface area (Å²) in [7, 11) is 0. The quantitative estimate of drug-likeness (QED) is 0.434. The molecule has 0 aliphatic heterocycles. The van der Waals surface area contributed by atoms with Gasteiger partial charge in [0.05, 0.1) is 0 Å².